The number of hydrazine groups is 1. The van der Waals surface area contributed by atoms with Gasteiger partial charge in [0, 0.05) is 17.4 Å². The van der Waals surface area contributed by atoms with Crippen molar-refractivity contribution in [3.8, 4) is 0 Å². The van der Waals surface area contributed by atoms with Gasteiger partial charge in [-0.1, -0.05) is 23.7 Å². The van der Waals surface area contributed by atoms with E-state index >= 15 is 0 Å². The molecular formula is C14H15ClN6. The zero-order valence-corrected chi connectivity index (χ0v) is 12.2. The molecule has 108 valence electrons. The van der Waals surface area contributed by atoms with Crippen LogP contribution in [0.5, 0.6) is 0 Å². The lowest BCUT2D eigenvalue weighted by Gasteiger charge is -2.16. The Kier molecular flexibility index (Phi) is 3.64. The van der Waals surface area contributed by atoms with Gasteiger partial charge in [0.15, 0.2) is 17.3 Å². The van der Waals surface area contributed by atoms with Gasteiger partial charge in [-0.2, -0.15) is 0 Å². The average Bonchev–Trinajstić information content (AvgIpc) is 2.96. The number of imidazole rings is 1. The number of benzene rings is 1. The van der Waals surface area contributed by atoms with E-state index in [1.54, 1.807) is 12.4 Å². The van der Waals surface area contributed by atoms with Crippen molar-refractivity contribution in [2.75, 3.05) is 10.7 Å². The molecule has 0 aliphatic carbocycles. The van der Waals surface area contributed by atoms with Gasteiger partial charge in [0.2, 0.25) is 0 Å². The largest absolute Gasteiger partial charge is 0.360 e. The summed E-state index contributed by atoms with van der Waals surface area (Å²) in [6.07, 6.45) is 5.34. The van der Waals surface area contributed by atoms with E-state index in [1.165, 1.54) is 0 Å². The Hall–Kier alpha value is -2.31. The number of hydrogen-bond donors (Lipinski definition) is 3. The topological polar surface area (TPSA) is 80.3 Å². The number of fused-ring (bicyclic) bond motifs is 1. The zero-order chi connectivity index (χ0) is 14.8. The van der Waals surface area contributed by atoms with E-state index in [4.69, 9.17) is 17.4 Å². The predicted octanol–water partition coefficient (Wildman–Crippen LogP) is 2.84. The molecule has 3 aromatic rings. The first kappa shape index (κ1) is 13.7. The molecule has 4 N–H and O–H groups in total. The van der Waals surface area contributed by atoms with Gasteiger partial charge in [-0.3, -0.25) is 0 Å². The van der Waals surface area contributed by atoms with Crippen LogP contribution in [-0.4, -0.2) is 14.4 Å². The van der Waals surface area contributed by atoms with E-state index in [2.05, 4.69) is 20.7 Å². The third-order valence-corrected chi connectivity index (χ3v) is 3.50. The second kappa shape index (κ2) is 5.59. The third kappa shape index (κ3) is 2.76. The number of rotatable bonds is 4. The molecule has 7 heteroatoms. The van der Waals surface area contributed by atoms with Gasteiger partial charge in [-0.25, -0.2) is 15.8 Å². The van der Waals surface area contributed by atoms with Crippen molar-refractivity contribution in [2.24, 2.45) is 5.84 Å². The predicted molar refractivity (Wildman–Crippen MR) is 84.3 cm³/mol. The fraction of sp³-hybridized carbons (Fsp3) is 0.143. The molecule has 1 atom stereocenters. The molecule has 0 saturated carbocycles. The van der Waals surface area contributed by atoms with Gasteiger partial charge < -0.3 is 15.1 Å². The molecule has 0 aliphatic heterocycles. The van der Waals surface area contributed by atoms with E-state index in [1.807, 2.05) is 41.8 Å². The summed E-state index contributed by atoms with van der Waals surface area (Å²) >= 11 is 5.91. The van der Waals surface area contributed by atoms with E-state index in [0.29, 0.717) is 16.7 Å². The summed E-state index contributed by atoms with van der Waals surface area (Å²) < 4.78 is 1.86. The van der Waals surface area contributed by atoms with Crippen LogP contribution in [-0.2, 0) is 0 Å². The van der Waals surface area contributed by atoms with Crippen molar-refractivity contribution in [3.05, 3.63) is 53.4 Å². The molecule has 0 radical (unpaired) electrons. The number of hydrogen-bond acceptors (Lipinski definition) is 5. The highest BCUT2D eigenvalue weighted by Gasteiger charge is 2.11. The van der Waals surface area contributed by atoms with Crippen molar-refractivity contribution in [1.82, 2.24) is 14.4 Å². The number of anilines is 2. The van der Waals surface area contributed by atoms with Crippen LogP contribution in [0.3, 0.4) is 0 Å². The third-order valence-electron chi connectivity index (χ3n) is 3.25. The van der Waals surface area contributed by atoms with Gasteiger partial charge in [0.1, 0.15) is 0 Å². The van der Waals surface area contributed by atoms with Gasteiger partial charge in [0.25, 0.3) is 0 Å². The molecule has 0 spiro atoms. The maximum absolute atomic E-state index is 5.91. The molecule has 3 rings (SSSR count). The van der Waals surface area contributed by atoms with Crippen molar-refractivity contribution in [1.29, 1.82) is 0 Å². The van der Waals surface area contributed by atoms with Crippen LogP contribution in [0.15, 0.2) is 42.9 Å². The first-order chi connectivity index (χ1) is 10.2. The van der Waals surface area contributed by atoms with E-state index in [-0.39, 0.29) is 6.04 Å². The molecule has 2 aromatic heterocycles. The molecule has 0 bridgehead atoms. The summed E-state index contributed by atoms with van der Waals surface area (Å²) in [5, 5.41) is 4.07. The highest BCUT2D eigenvalue weighted by Crippen LogP contribution is 2.23. The summed E-state index contributed by atoms with van der Waals surface area (Å²) in [7, 11) is 0. The molecule has 1 aromatic carbocycles. The summed E-state index contributed by atoms with van der Waals surface area (Å²) in [5.74, 6) is 6.67. The number of nitrogens with one attached hydrogen (secondary N) is 2. The van der Waals surface area contributed by atoms with E-state index < -0.39 is 0 Å². The molecular weight excluding hydrogens is 288 g/mol. The standard InChI is InChI=1S/C14H15ClN6/c1-9(10-2-4-11(15)5-3-10)18-13-14-17-6-7-21(14)8-12(19-13)20-16/h2-9,20H,16H2,1H3,(H,18,19). The molecule has 21 heavy (non-hydrogen) atoms. The van der Waals surface area contributed by atoms with Crippen molar-refractivity contribution < 1.29 is 0 Å². The van der Waals surface area contributed by atoms with Crippen molar-refractivity contribution in [3.63, 3.8) is 0 Å². The minimum absolute atomic E-state index is 0.0586. The number of nitrogens with two attached hydrogens (primary N) is 1. The maximum atomic E-state index is 5.91. The monoisotopic (exact) mass is 302 g/mol. The number of halogens is 1. The van der Waals surface area contributed by atoms with E-state index in [9.17, 15) is 0 Å². The van der Waals surface area contributed by atoms with Gasteiger partial charge >= 0.3 is 0 Å². The molecule has 6 nitrogen and oxygen atoms in total. The Balaban J connectivity index is 1.93. The Morgan fingerprint density at radius 1 is 1.29 bits per heavy atom. The number of nitrogen functional groups attached to an aromatic ring is 1. The molecule has 1 unspecified atom stereocenters. The van der Waals surface area contributed by atoms with Crippen LogP contribution < -0.4 is 16.6 Å². The van der Waals surface area contributed by atoms with Crippen molar-refractivity contribution in [2.45, 2.75) is 13.0 Å². The van der Waals surface area contributed by atoms with Gasteiger partial charge in [-0.05, 0) is 24.6 Å². The van der Waals surface area contributed by atoms with Crippen LogP contribution in [0.25, 0.3) is 5.65 Å². The minimum atomic E-state index is 0.0586. The summed E-state index contributed by atoms with van der Waals surface area (Å²) in [5.41, 5.74) is 4.41. The van der Waals surface area contributed by atoms with Crippen molar-refractivity contribution >= 4 is 28.9 Å². The molecule has 0 aliphatic rings. The fourth-order valence-corrected chi connectivity index (χ4v) is 2.26. The average molecular weight is 303 g/mol. The SMILES string of the molecule is CC(Nc1nc(NN)cn2ccnc12)c1ccc(Cl)cc1. The zero-order valence-electron chi connectivity index (χ0n) is 11.4. The Morgan fingerprint density at radius 2 is 2.05 bits per heavy atom. The number of nitrogens with zero attached hydrogens (tertiary/aromatic N) is 3. The van der Waals surface area contributed by atoms with E-state index in [0.717, 1.165) is 11.2 Å². The smallest absolute Gasteiger partial charge is 0.180 e. The van der Waals surface area contributed by atoms with Crippen LogP contribution in [0.2, 0.25) is 5.02 Å². The maximum Gasteiger partial charge on any atom is 0.180 e. The van der Waals surface area contributed by atoms with Crippen LogP contribution in [0, 0.1) is 0 Å². The van der Waals surface area contributed by atoms with Crippen LogP contribution in [0.1, 0.15) is 18.5 Å². The van der Waals surface area contributed by atoms with Gasteiger partial charge in [0.05, 0.1) is 12.2 Å². The highest BCUT2D eigenvalue weighted by molar-refractivity contribution is 6.30. The summed E-state index contributed by atoms with van der Waals surface area (Å²) in [6.45, 7) is 2.05. The second-order valence-corrected chi connectivity index (χ2v) is 5.13. The molecule has 0 fully saturated rings. The number of aromatic nitrogens is 3. The first-order valence-electron chi connectivity index (χ1n) is 6.49. The van der Waals surface area contributed by atoms with Gasteiger partial charge in [-0.15, -0.1) is 0 Å². The first-order valence-corrected chi connectivity index (χ1v) is 6.87. The lowest BCUT2D eigenvalue weighted by molar-refractivity contribution is 0.872. The lowest BCUT2D eigenvalue weighted by atomic mass is 10.1. The van der Waals surface area contributed by atoms with Crippen LogP contribution >= 0.6 is 11.6 Å². The molecule has 0 amide bonds. The minimum Gasteiger partial charge on any atom is -0.360 e. The molecule has 2 heterocycles. The summed E-state index contributed by atoms with van der Waals surface area (Å²) in [4.78, 5) is 8.72. The highest BCUT2D eigenvalue weighted by atomic mass is 35.5. The lowest BCUT2D eigenvalue weighted by Crippen LogP contribution is -2.13. The Bertz CT molecular complexity index is 752. The fourth-order valence-electron chi connectivity index (χ4n) is 2.14. The normalized spacial score (nSPS) is 12.3. The Morgan fingerprint density at radius 3 is 2.76 bits per heavy atom. The Labute approximate surface area is 126 Å². The molecule has 0 saturated heterocycles. The van der Waals surface area contributed by atoms with Crippen LogP contribution in [0.4, 0.5) is 11.6 Å². The quantitative estimate of drug-likeness (QED) is 0.510. The summed E-state index contributed by atoms with van der Waals surface area (Å²) in [6, 6.07) is 7.75. The second-order valence-electron chi connectivity index (χ2n) is 4.69.